The molecule has 3 rings (SSSR count). The van der Waals surface area contributed by atoms with Gasteiger partial charge >= 0.3 is 6.03 Å². The number of amides is 3. The maximum absolute atomic E-state index is 12.4. The van der Waals surface area contributed by atoms with E-state index in [1.54, 1.807) is 23.0 Å². The van der Waals surface area contributed by atoms with Crippen LogP contribution in [0.4, 0.5) is 10.6 Å². The lowest BCUT2D eigenvalue weighted by atomic mass is 10.2. The van der Waals surface area contributed by atoms with Crippen molar-refractivity contribution in [2.75, 3.05) is 45.7 Å². The van der Waals surface area contributed by atoms with Crippen molar-refractivity contribution < 1.29 is 14.3 Å². The van der Waals surface area contributed by atoms with Gasteiger partial charge in [0.25, 0.3) is 0 Å². The molecule has 136 valence electrons. The Morgan fingerprint density at radius 2 is 2.16 bits per heavy atom. The van der Waals surface area contributed by atoms with E-state index in [1.165, 1.54) is 0 Å². The number of carbonyl (C=O) groups excluding carboxylic acids is 2. The predicted octanol–water partition coefficient (Wildman–Crippen LogP) is 0.541. The van der Waals surface area contributed by atoms with Crippen molar-refractivity contribution in [3.63, 3.8) is 0 Å². The summed E-state index contributed by atoms with van der Waals surface area (Å²) in [6.07, 6.45) is 3.08. The molecule has 3 amide bonds. The molecule has 0 spiro atoms. The van der Waals surface area contributed by atoms with Crippen LogP contribution < -0.4 is 15.0 Å². The quantitative estimate of drug-likeness (QED) is 0.860. The SMILES string of the molecule is CN1CCC(NC(=O)N2CCC(Oc3cccnc3N(C)C)C2)C1=O. The summed E-state index contributed by atoms with van der Waals surface area (Å²) in [6, 6.07) is 3.12. The number of hydrogen-bond acceptors (Lipinski definition) is 5. The summed E-state index contributed by atoms with van der Waals surface area (Å²) < 4.78 is 6.06. The van der Waals surface area contributed by atoms with E-state index in [-0.39, 0.29) is 18.0 Å². The van der Waals surface area contributed by atoms with Gasteiger partial charge in [0.2, 0.25) is 5.91 Å². The second-order valence-corrected chi connectivity index (χ2v) is 6.74. The van der Waals surface area contributed by atoms with Crippen LogP contribution in [0.1, 0.15) is 12.8 Å². The molecule has 2 aliphatic rings. The maximum atomic E-state index is 12.4. The molecule has 2 saturated heterocycles. The Kier molecular flexibility index (Phi) is 4.96. The zero-order valence-electron chi connectivity index (χ0n) is 14.9. The molecule has 2 atom stereocenters. The molecule has 0 aliphatic carbocycles. The molecular formula is C17H25N5O3. The minimum Gasteiger partial charge on any atom is -0.485 e. The zero-order valence-corrected chi connectivity index (χ0v) is 14.9. The second kappa shape index (κ2) is 7.16. The van der Waals surface area contributed by atoms with E-state index in [0.717, 1.165) is 12.2 Å². The van der Waals surface area contributed by atoms with Gasteiger partial charge in [-0.15, -0.1) is 0 Å². The first kappa shape index (κ1) is 17.3. The molecule has 0 radical (unpaired) electrons. The van der Waals surface area contributed by atoms with Crippen LogP contribution in [-0.2, 0) is 4.79 Å². The van der Waals surface area contributed by atoms with Gasteiger partial charge < -0.3 is 24.8 Å². The fourth-order valence-electron chi connectivity index (χ4n) is 3.20. The van der Waals surface area contributed by atoms with E-state index in [4.69, 9.17) is 4.74 Å². The van der Waals surface area contributed by atoms with Crippen molar-refractivity contribution >= 4 is 17.8 Å². The first-order valence-electron chi connectivity index (χ1n) is 8.55. The summed E-state index contributed by atoms with van der Waals surface area (Å²) in [5.41, 5.74) is 0. The second-order valence-electron chi connectivity index (χ2n) is 6.74. The van der Waals surface area contributed by atoms with Gasteiger partial charge in [-0.3, -0.25) is 4.79 Å². The van der Waals surface area contributed by atoms with Gasteiger partial charge in [0.15, 0.2) is 11.6 Å². The van der Waals surface area contributed by atoms with Crippen LogP contribution in [0.25, 0.3) is 0 Å². The van der Waals surface area contributed by atoms with Crippen LogP contribution in [0.3, 0.4) is 0 Å². The summed E-state index contributed by atoms with van der Waals surface area (Å²) in [5, 5.41) is 2.83. The molecule has 1 aromatic rings. The van der Waals surface area contributed by atoms with Crippen LogP contribution in [0.2, 0.25) is 0 Å². The largest absolute Gasteiger partial charge is 0.485 e. The number of likely N-dealkylation sites (N-methyl/N-ethyl adjacent to an activating group) is 1. The molecule has 25 heavy (non-hydrogen) atoms. The minimum absolute atomic E-state index is 0.0219. The smallest absolute Gasteiger partial charge is 0.318 e. The molecule has 0 saturated carbocycles. The van der Waals surface area contributed by atoms with Gasteiger partial charge in [0.1, 0.15) is 12.1 Å². The average Bonchev–Trinajstić information content (AvgIpc) is 3.17. The Labute approximate surface area is 147 Å². The van der Waals surface area contributed by atoms with E-state index < -0.39 is 6.04 Å². The van der Waals surface area contributed by atoms with Crippen molar-refractivity contribution in [3.05, 3.63) is 18.3 Å². The zero-order chi connectivity index (χ0) is 18.0. The normalized spacial score (nSPS) is 23.1. The number of aromatic nitrogens is 1. The topological polar surface area (TPSA) is 78.0 Å². The van der Waals surface area contributed by atoms with E-state index in [1.807, 2.05) is 31.1 Å². The summed E-state index contributed by atoms with van der Waals surface area (Å²) in [6.45, 7) is 1.80. The van der Waals surface area contributed by atoms with E-state index >= 15 is 0 Å². The maximum Gasteiger partial charge on any atom is 0.318 e. The molecule has 1 N–H and O–H groups in total. The van der Waals surface area contributed by atoms with Gasteiger partial charge in [0, 0.05) is 46.9 Å². The van der Waals surface area contributed by atoms with Crippen LogP contribution in [0.5, 0.6) is 5.75 Å². The molecule has 3 heterocycles. The first-order chi connectivity index (χ1) is 12.0. The van der Waals surface area contributed by atoms with Gasteiger partial charge in [-0.2, -0.15) is 0 Å². The number of rotatable bonds is 4. The fourth-order valence-corrected chi connectivity index (χ4v) is 3.20. The molecule has 1 aromatic heterocycles. The summed E-state index contributed by atoms with van der Waals surface area (Å²) in [7, 11) is 5.59. The van der Waals surface area contributed by atoms with Crippen LogP contribution in [0.15, 0.2) is 18.3 Å². The number of nitrogens with zero attached hydrogens (tertiary/aromatic N) is 4. The van der Waals surface area contributed by atoms with Crippen molar-refractivity contribution in [2.24, 2.45) is 0 Å². The molecule has 0 aromatic carbocycles. The Morgan fingerprint density at radius 3 is 2.84 bits per heavy atom. The fraction of sp³-hybridized carbons (Fsp3) is 0.588. The van der Waals surface area contributed by atoms with Gasteiger partial charge in [-0.25, -0.2) is 9.78 Å². The van der Waals surface area contributed by atoms with Gasteiger partial charge in [-0.05, 0) is 18.6 Å². The predicted molar refractivity (Wildman–Crippen MR) is 93.7 cm³/mol. The number of nitrogens with one attached hydrogen (secondary N) is 1. The van der Waals surface area contributed by atoms with Crippen molar-refractivity contribution in [3.8, 4) is 5.75 Å². The third kappa shape index (κ3) is 3.78. The number of carbonyl (C=O) groups is 2. The number of anilines is 1. The van der Waals surface area contributed by atoms with Crippen molar-refractivity contribution in [1.82, 2.24) is 20.1 Å². The monoisotopic (exact) mass is 347 g/mol. The van der Waals surface area contributed by atoms with Gasteiger partial charge in [0.05, 0.1) is 6.54 Å². The number of ether oxygens (including phenoxy) is 1. The highest BCUT2D eigenvalue weighted by Crippen LogP contribution is 2.26. The molecule has 8 nitrogen and oxygen atoms in total. The van der Waals surface area contributed by atoms with Crippen molar-refractivity contribution in [2.45, 2.75) is 25.0 Å². The molecular weight excluding hydrogens is 322 g/mol. The highest BCUT2D eigenvalue weighted by atomic mass is 16.5. The van der Waals surface area contributed by atoms with E-state index in [2.05, 4.69) is 10.3 Å². The molecule has 0 bridgehead atoms. The van der Waals surface area contributed by atoms with Crippen molar-refractivity contribution in [1.29, 1.82) is 0 Å². The lowest BCUT2D eigenvalue weighted by molar-refractivity contribution is -0.128. The van der Waals surface area contributed by atoms with Crippen LogP contribution in [-0.4, -0.2) is 79.6 Å². The first-order valence-corrected chi connectivity index (χ1v) is 8.55. The van der Waals surface area contributed by atoms with E-state index in [9.17, 15) is 9.59 Å². The van der Waals surface area contributed by atoms with Crippen LogP contribution in [0, 0.1) is 0 Å². The Hall–Kier alpha value is -2.51. The Bertz CT molecular complexity index is 651. The third-order valence-electron chi connectivity index (χ3n) is 4.63. The number of urea groups is 1. The highest BCUT2D eigenvalue weighted by molar-refractivity contribution is 5.88. The van der Waals surface area contributed by atoms with Gasteiger partial charge in [-0.1, -0.05) is 0 Å². The Balaban J connectivity index is 1.55. The third-order valence-corrected chi connectivity index (χ3v) is 4.63. The summed E-state index contributed by atoms with van der Waals surface area (Å²) in [4.78, 5) is 33.9. The van der Waals surface area contributed by atoms with E-state index in [0.29, 0.717) is 31.8 Å². The number of hydrogen-bond donors (Lipinski definition) is 1. The number of likely N-dealkylation sites (tertiary alicyclic amines) is 2. The molecule has 2 fully saturated rings. The highest BCUT2D eigenvalue weighted by Gasteiger charge is 2.34. The molecule has 2 unspecified atom stereocenters. The molecule has 2 aliphatic heterocycles. The Morgan fingerprint density at radius 1 is 1.36 bits per heavy atom. The van der Waals surface area contributed by atoms with Crippen LogP contribution >= 0.6 is 0 Å². The lowest BCUT2D eigenvalue weighted by Crippen LogP contribution is -2.47. The lowest BCUT2D eigenvalue weighted by Gasteiger charge is -2.21. The summed E-state index contributed by atoms with van der Waals surface area (Å²) >= 11 is 0. The molecule has 8 heteroatoms. The minimum atomic E-state index is -0.406. The standard InChI is InChI=1S/C17H25N5O3/c1-20(2)15-14(5-4-8-18-15)25-12-6-10-22(11-12)17(24)19-13-7-9-21(3)16(13)23/h4-5,8,12-13H,6-7,9-11H2,1-3H3,(H,19,24). The summed E-state index contributed by atoms with van der Waals surface area (Å²) in [5.74, 6) is 1.46. The average molecular weight is 347 g/mol. The number of pyridine rings is 1.